The molecule has 2 heteroatoms. The average molecular weight is 228 g/mol. The first-order valence-corrected chi connectivity index (χ1v) is 6.82. The van der Waals surface area contributed by atoms with Crippen LogP contribution in [0.3, 0.4) is 0 Å². The summed E-state index contributed by atoms with van der Waals surface area (Å²) in [6, 6.07) is 4.37. The zero-order chi connectivity index (χ0) is 11.5. The fraction of sp³-hybridized carbons (Fsp3) is 0.533. The van der Waals surface area contributed by atoms with Crippen LogP contribution in [0, 0.1) is 0 Å². The van der Waals surface area contributed by atoms with Gasteiger partial charge in [0.2, 0.25) is 0 Å². The summed E-state index contributed by atoms with van der Waals surface area (Å²) in [6.07, 6.45) is 11.2. The molecule has 1 N–H and O–H groups in total. The minimum Gasteiger partial charge on any atom is -0.370 e. The van der Waals surface area contributed by atoms with Crippen LogP contribution in [0.15, 0.2) is 23.8 Å². The Labute approximate surface area is 103 Å². The van der Waals surface area contributed by atoms with Gasteiger partial charge in [0.15, 0.2) is 0 Å². The minimum absolute atomic E-state index is 1.03. The summed E-state index contributed by atoms with van der Waals surface area (Å²) in [6.45, 7) is 1.03. The Bertz CT molecular complexity index is 435. The number of pyridine rings is 1. The molecule has 0 unspecified atom stereocenters. The number of anilines is 1. The maximum Gasteiger partial charge on any atom is 0.126 e. The zero-order valence-electron chi connectivity index (χ0n) is 10.3. The zero-order valence-corrected chi connectivity index (χ0v) is 10.3. The largest absolute Gasteiger partial charge is 0.370 e. The molecule has 0 saturated carbocycles. The fourth-order valence-electron chi connectivity index (χ4n) is 2.83. The second kappa shape index (κ2) is 4.91. The second-order valence-corrected chi connectivity index (χ2v) is 5.09. The lowest BCUT2D eigenvalue weighted by Gasteiger charge is -2.07. The molecule has 17 heavy (non-hydrogen) atoms. The fourth-order valence-corrected chi connectivity index (χ4v) is 2.83. The summed E-state index contributed by atoms with van der Waals surface area (Å²) in [5, 5.41) is 3.45. The first-order chi connectivity index (χ1) is 8.42. The van der Waals surface area contributed by atoms with E-state index in [1.54, 1.807) is 5.57 Å². The Morgan fingerprint density at radius 3 is 3.00 bits per heavy atom. The van der Waals surface area contributed by atoms with E-state index in [1.165, 1.54) is 49.8 Å². The van der Waals surface area contributed by atoms with Crippen molar-refractivity contribution < 1.29 is 0 Å². The molecule has 0 saturated heterocycles. The topological polar surface area (TPSA) is 24.9 Å². The number of hydrogen-bond donors (Lipinski definition) is 1. The Balaban J connectivity index is 1.54. The van der Waals surface area contributed by atoms with Crippen molar-refractivity contribution in [2.45, 2.75) is 44.9 Å². The quantitative estimate of drug-likeness (QED) is 0.798. The Kier molecular flexibility index (Phi) is 3.12. The van der Waals surface area contributed by atoms with Gasteiger partial charge >= 0.3 is 0 Å². The summed E-state index contributed by atoms with van der Waals surface area (Å²) in [5.41, 5.74) is 4.39. The molecule has 0 aromatic carbocycles. The third-order valence-electron chi connectivity index (χ3n) is 3.82. The van der Waals surface area contributed by atoms with Crippen molar-refractivity contribution in [2.24, 2.45) is 0 Å². The molecular formula is C15H20N2. The minimum atomic E-state index is 1.03. The van der Waals surface area contributed by atoms with E-state index in [0.29, 0.717) is 0 Å². The van der Waals surface area contributed by atoms with Gasteiger partial charge in [0.1, 0.15) is 5.82 Å². The van der Waals surface area contributed by atoms with Gasteiger partial charge in [-0.1, -0.05) is 17.7 Å². The van der Waals surface area contributed by atoms with Crippen molar-refractivity contribution >= 4 is 5.82 Å². The normalized spacial score (nSPS) is 18.0. The first-order valence-electron chi connectivity index (χ1n) is 6.82. The molecular weight excluding hydrogens is 208 g/mol. The van der Waals surface area contributed by atoms with Crippen molar-refractivity contribution in [3.8, 4) is 0 Å². The lowest BCUT2D eigenvalue weighted by Crippen LogP contribution is -2.05. The van der Waals surface area contributed by atoms with Crippen molar-refractivity contribution in [3.63, 3.8) is 0 Å². The number of allylic oxidation sites excluding steroid dienone is 1. The Morgan fingerprint density at radius 1 is 1.12 bits per heavy atom. The molecule has 0 bridgehead atoms. The molecule has 90 valence electrons. The number of nitrogens with zero attached hydrogens (tertiary/aromatic N) is 1. The van der Waals surface area contributed by atoms with Gasteiger partial charge in [-0.05, 0) is 56.6 Å². The highest BCUT2D eigenvalue weighted by atomic mass is 15.0. The Hall–Kier alpha value is -1.31. The number of aryl methyl sites for hydroxylation is 2. The molecule has 1 heterocycles. The maximum absolute atomic E-state index is 4.69. The second-order valence-electron chi connectivity index (χ2n) is 5.09. The lowest BCUT2D eigenvalue weighted by molar-refractivity contribution is 0.860. The molecule has 0 amide bonds. The maximum atomic E-state index is 4.69. The van der Waals surface area contributed by atoms with Crippen molar-refractivity contribution in [3.05, 3.63) is 35.0 Å². The van der Waals surface area contributed by atoms with Gasteiger partial charge in [0.25, 0.3) is 0 Å². The molecule has 0 atom stereocenters. The van der Waals surface area contributed by atoms with Gasteiger partial charge in [-0.2, -0.15) is 0 Å². The highest BCUT2D eigenvalue weighted by molar-refractivity contribution is 5.40. The number of nitrogens with one attached hydrogen (secondary N) is 1. The smallest absolute Gasteiger partial charge is 0.126 e. The number of hydrogen-bond acceptors (Lipinski definition) is 2. The van der Waals surface area contributed by atoms with Gasteiger partial charge in [-0.15, -0.1) is 0 Å². The molecule has 1 aromatic rings. The molecule has 0 fully saturated rings. The van der Waals surface area contributed by atoms with Crippen LogP contribution < -0.4 is 5.32 Å². The predicted molar refractivity (Wildman–Crippen MR) is 71.3 cm³/mol. The van der Waals surface area contributed by atoms with Crippen LogP contribution in [-0.2, 0) is 12.8 Å². The van der Waals surface area contributed by atoms with E-state index >= 15 is 0 Å². The molecule has 0 aliphatic heterocycles. The van der Waals surface area contributed by atoms with Crippen molar-refractivity contribution in [2.75, 3.05) is 11.9 Å². The van der Waals surface area contributed by atoms with E-state index in [2.05, 4.69) is 28.5 Å². The molecule has 0 spiro atoms. The number of fused-ring (bicyclic) bond motifs is 1. The summed E-state index contributed by atoms with van der Waals surface area (Å²) in [5.74, 6) is 1.06. The van der Waals surface area contributed by atoms with Gasteiger partial charge in [0, 0.05) is 12.2 Å². The van der Waals surface area contributed by atoms with Crippen LogP contribution in [-0.4, -0.2) is 11.5 Å². The van der Waals surface area contributed by atoms with Crippen LogP contribution in [0.25, 0.3) is 0 Å². The summed E-state index contributed by atoms with van der Waals surface area (Å²) < 4.78 is 0. The van der Waals surface area contributed by atoms with Gasteiger partial charge in [0.05, 0.1) is 0 Å². The van der Waals surface area contributed by atoms with Gasteiger partial charge in [-0.3, -0.25) is 0 Å². The van der Waals surface area contributed by atoms with E-state index < -0.39 is 0 Å². The van der Waals surface area contributed by atoms with E-state index in [-0.39, 0.29) is 0 Å². The lowest BCUT2D eigenvalue weighted by atomic mass is 10.1. The van der Waals surface area contributed by atoms with Gasteiger partial charge < -0.3 is 5.32 Å². The Morgan fingerprint density at radius 2 is 2.12 bits per heavy atom. The van der Waals surface area contributed by atoms with E-state index in [0.717, 1.165) is 18.8 Å². The average Bonchev–Trinajstić information content (AvgIpc) is 2.98. The van der Waals surface area contributed by atoms with Crippen molar-refractivity contribution in [1.29, 1.82) is 0 Å². The molecule has 2 nitrogen and oxygen atoms in total. The van der Waals surface area contributed by atoms with Crippen LogP contribution in [0.5, 0.6) is 0 Å². The van der Waals surface area contributed by atoms with Crippen LogP contribution >= 0.6 is 0 Å². The van der Waals surface area contributed by atoms with Crippen LogP contribution in [0.1, 0.15) is 43.4 Å². The molecule has 1 aromatic heterocycles. The summed E-state index contributed by atoms with van der Waals surface area (Å²) in [7, 11) is 0. The summed E-state index contributed by atoms with van der Waals surface area (Å²) >= 11 is 0. The molecule has 0 radical (unpaired) electrons. The predicted octanol–water partition coefficient (Wildman–Crippen LogP) is 3.48. The monoisotopic (exact) mass is 228 g/mol. The first kappa shape index (κ1) is 10.8. The van der Waals surface area contributed by atoms with Crippen LogP contribution in [0.2, 0.25) is 0 Å². The van der Waals surface area contributed by atoms with E-state index in [1.807, 2.05) is 0 Å². The SMILES string of the molecule is C1=C(CCNc2ccc3c(n2)CCC3)CCC1. The highest BCUT2D eigenvalue weighted by Crippen LogP contribution is 2.22. The molecule has 3 rings (SSSR count). The highest BCUT2D eigenvalue weighted by Gasteiger charge is 2.12. The number of rotatable bonds is 4. The third-order valence-corrected chi connectivity index (χ3v) is 3.82. The number of aromatic nitrogens is 1. The summed E-state index contributed by atoms with van der Waals surface area (Å²) in [4.78, 5) is 4.69. The van der Waals surface area contributed by atoms with Crippen LogP contribution in [0.4, 0.5) is 5.82 Å². The van der Waals surface area contributed by atoms with E-state index in [9.17, 15) is 0 Å². The van der Waals surface area contributed by atoms with E-state index in [4.69, 9.17) is 0 Å². The molecule has 2 aliphatic rings. The molecule has 2 aliphatic carbocycles. The van der Waals surface area contributed by atoms with Crippen molar-refractivity contribution in [1.82, 2.24) is 4.98 Å². The third kappa shape index (κ3) is 2.51. The standard InChI is InChI=1S/C15H20N2/c1-2-5-12(4-1)10-11-16-15-9-8-13-6-3-7-14(13)17-15/h4,8-9H,1-3,5-7,10-11H2,(H,16,17). The van der Waals surface area contributed by atoms with Gasteiger partial charge in [-0.25, -0.2) is 4.98 Å².